The summed E-state index contributed by atoms with van der Waals surface area (Å²) in [6.07, 6.45) is 0. The normalized spacial score (nSPS) is 14.0. The second-order valence-electron chi connectivity index (χ2n) is 18.2. The average molecular weight is 810 g/mol. The second kappa shape index (κ2) is 14.0. The molecule has 0 spiro atoms. The Bertz CT molecular complexity index is 3340. The van der Waals surface area contributed by atoms with Crippen LogP contribution in [0.25, 0.3) is 49.7 Å². The highest BCUT2D eigenvalue weighted by Crippen LogP contribution is 2.53. The van der Waals surface area contributed by atoms with Crippen molar-refractivity contribution in [3.8, 4) is 27.9 Å². The zero-order valence-corrected chi connectivity index (χ0v) is 36.0. The molecule has 0 saturated heterocycles. The van der Waals surface area contributed by atoms with Gasteiger partial charge >= 0.3 is 0 Å². The predicted octanol–water partition coefficient (Wildman–Crippen LogP) is 16.3. The van der Waals surface area contributed by atoms with Crippen molar-refractivity contribution in [3.05, 3.63) is 235 Å². The van der Waals surface area contributed by atoms with E-state index in [2.05, 4.69) is 254 Å². The van der Waals surface area contributed by atoms with Gasteiger partial charge in [-0.15, -0.1) is 0 Å². The predicted molar refractivity (Wildman–Crippen MR) is 265 cm³/mol. The first kappa shape index (κ1) is 37.2. The number of nitrogens with zero attached hydrogens (tertiary/aromatic N) is 3. The monoisotopic (exact) mass is 809 g/mol. The highest BCUT2D eigenvalue weighted by atomic mass is 15.1. The van der Waals surface area contributed by atoms with Crippen LogP contribution in [0.1, 0.15) is 49.9 Å². The summed E-state index contributed by atoms with van der Waals surface area (Å²) in [5, 5.41) is 2.50. The van der Waals surface area contributed by atoms with Crippen LogP contribution in [0.2, 0.25) is 0 Å². The summed E-state index contributed by atoms with van der Waals surface area (Å²) in [6, 6.07) is 78.2. The molecule has 0 unspecified atom stereocenters. The van der Waals surface area contributed by atoms with E-state index < -0.39 is 0 Å². The maximum Gasteiger partial charge on any atom is 0.0583 e. The van der Waals surface area contributed by atoms with Gasteiger partial charge in [-0.1, -0.05) is 149 Å². The molecule has 0 atom stereocenters. The number of hydrogen-bond donors (Lipinski definition) is 0. The summed E-state index contributed by atoms with van der Waals surface area (Å²) in [5.41, 5.74) is 20.7. The number of rotatable bonds is 7. The molecule has 63 heavy (non-hydrogen) atoms. The molecule has 0 amide bonds. The third-order valence-corrected chi connectivity index (χ3v) is 13.9. The summed E-state index contributed by atoms with van der Waals surface area (Å²) in [5.74, 6) is 0. The zero-order valence-electron chi connectivity index (χ0n) is 36.0. The van der Waals surface area contributed by atoms with Crippen molar-refractivity contribution < 1.29 is 0 Å². The Kier molecular flexibility index (Phi) is 8.23. The van der Waals surface area contributed by atoms with E-state index in [9.17, 15) is 0 Å². The van der Waals surface area contributed by atoms with Crippen LogP contribution in [0.4, 0.5) is 34.1 Å². The third kappa shape index (κ3) is 5.66. The van der Waals surface area contributed by atoms with Gasteiger partial charge in [-0.3, -0.25) is 0 Å². The lowest BCUT2D eigenvalue weighted by atomic mass is 9.74. The van der Waals surface area contributed by atoms with E-state index in [0.29, 0.717) is 0 Å². The molecule has 10 aromatic rings. The van der Waals surface area contributed by atoms with Crippen molar-refractivity contribution in [1.82, 2.24) is 4.57 Å². The molecule has 0 saturated carbocycles. The fraction of sp³-hybridized carbons (Fsp3) is 0.100. The number of hydrogen-bond acceptors (Lipinski definition) is 2. The lowest BCUT2D eigenvalue weighted by Crippen LogP contribution is -2.26. The molecule has 9 aromatic carbocycles. The van der Waals surface area contributed by atoms with Gasteiger partial charge in [0.1, 0.15) is 0 Å². The molecule has 2 aliphatic rings. The smallest absolute Gasteiger partial charge is 0.0583 e. The van der Waals surface area contributed by atoms with E-state index in [1.807, 2.05) is 0 Å². The maximum absolute atomic E-state index is 2.52. The first-order valence-electron chi connectivity index (χ1n) is 22.1. The number of benzene rings is 9. The molecule has 0 N–H and O–H groups in total. The fourth-order valence-electron chi connectivity index (χ4n) is 10.8. The van der Waals surface area contributed by atoms with Crippen LogP contribution in [-0.4, -0.2) is 4.57 Å². The van der Waals surface area contributed by atoms with Gasteiger partial charge in [0.25, 0.3) is 0 Å². The lowest BCUT2D eigenvalue weighted by molar-refractivity contribution is 0.630. The van der Waals surface area contributed by atoms with Gasteiger partial charge in [-0.05, 0) is 136 Å². The summed E-state index contributed by atoms with van der Waals surface area (Å²) in [7, 11) is 0. The molecular formula is C60H47N3. The van der Waals surface area contributed by atoms with E-state index in [4.69, 9.17) is 0 Å². The van der Waals surface area contributed by atoms with E-state index in [-0.39, 0.29) is 10.8 Å². The molecule has 3 nitrogen and oxygen atoms in total. The molecule has 302 valence electrons. The topological polar surface area (TPSA) is 11.4 Å². The van der Waals surface area contributed by atoms with Gasteiger partial charge in [0, 0.05) is 55.7 Å². The lowest BCUT2D eigenvalue weighted by Gasteiger charge is -2.36. The van der Waals surface area contributed by atoms with E-state index in [1.54, 1.807) is 0 Å². The van der Waals surface area contributed by atoms with Crippen LogP contribution in [0.15, 0.2) is 212 Å². The first-order valence-corrected chi connectivity index (χ1v) is 22.1. The highest BCUT2D eigenvalue weighted by molar-refractivity contribution is 6.14. The highest BCUT2D eigenvalue weighted by Gasteiger charge is 2.38. The van der Waals surface area contributed by atoms with Crippen LogP contribution in [0.3, 0.4) is 0 Å². The molecular weight excluding hydrogens is 763 g/mol. The minimum absolute atomic E-state index is 0.0639. The minimum Gasteiger partial charge on any atom is -0.311 e. The van der Waals surface area contributed by atoms with Gasteiger partial charge in [-0.25, -0.2) is 0 Å². The summed E-state index contributed by atoms with van der Waals surface area (Å²) >= 11 is 0. The summed E-state index contributed by atoms with van der Waals surface area (Å²) < 4.78 is 2.52. The van der Waals surface area contributed by atoms with Gasteiger partial charge in [0.15, 0.2) is 0 Å². The molecule has 0 fully saturated rings. The Morgan fingerprint density at radius 2 is 0.841 bits per heavy atom. The minimum atomic E-state index is -0.249. The van der Waals surface area contributed by atoms with Gasteiger partial charge < -0.3 is 14.4 Å². The summed E-state index contributed by atoms with van der Waals surface area (Å²) in [4.78, 5) is 4.79. The molecule has 12 rings (SSSR count). The summed E-state index contributed by atoms with van der Waals surface area (Å²) in [6.45, 7) is 9.50. The zero-order chi connectivity index (χ0) is 42.5. The molecule has 1 aromatic heterocycles. The van der Waals surface area contributed by atoms with Crippen LogP contribution >= 0.6 is 0 Å². The Hall–Kier alpha value is -7.62. The standard InChI is InChI=1S/C60H47N3/c1-59(2)52-25-15-14-24-48(52)49-37-46(33-34-53(49)59)62(44-22-12-7-13-23-44)47-38-51-50-36-41(30-35-56(50)63-57-27-17-16-26-54(57)60(3,4)55(39-47)58(51)63)40-28-31-45(32-29-40)61(42-18-8-5-9-19-42)43-20-10-6-11-21-43/h5-39H,1-4H3. The molecule has 2 heterocycles. The molecule has 3 heteroatoms. The average Bonchev–Trinajstić information content (AvgIpc) is 3.77. The van der Waals surface area contributed by atoms with Crippen molar-refractivity contribution in [2.45, 2.75) is 38.5 Å². The Balaban J connectivity index is 1.06. The molecule has 0 radical (unpaired) electrons. The van der Waals surface area contributed by atoms with Crippen molar-refractivity contribution in [2.75, 3.05) is 9.80 Å². The van der Waals surface area contributed by atoms with Gasteiger partial charge in [0.05, 0.1) is 16.7 Å². The number of aromatic nitrogens is 1. The molecule has 0 bridgehead atoms. The van der Waals surface area contributed by atoms with Crippen molar-refractivity contribution >= 4 is 55.9 Å². The number of anilines is 6. The van der Waals surface area contributed by atoms with Crippen LogP contribution < -0.4 is 9.80 Å². The van der Waals surface area contributed by atoms with Crippen LogP contribution in [0.5, 0.6) is 0 Å². The first-order chi connectivity index (χ1) is 30.8. The van der Waals surface area contributed by atoms with Crippen molar-refractivity contribution in [3.63, 3.8) is 0 Å². The van der Waals surface area contributed by atoms with Crippen molar-refractivity contribution in [2.24, 2.45) is 0 Å². The van der Waals surface area contributed by atoms with E-state index in [1.165, 1.54) is 72.0 Å². The quantitative estimate of drug-likeness (QED) is 0.159. The van der Waals surface area contributed by atoms with Crippen LogP contribution in [0, 0.1) is 0 Å². The Morgan fingerprint density at radius 3 is 1.51 bits per heavy atom. The number of fused-ring (bicyclic) bond motifs is 8. The second-order valence-corrected chi connectivity index (χ2v) is 18.2. The van der Waals surface area contributed by atoms with Gasteiger partial charge in [0.2, 0.25) is 0 Å². The Labute approximate surface area is 369 Å². The third-order valence-electron chi connectivity index (χ3n) is 13.9. The van der Waals surface area contributed by atoms with Gasteiger partial charge in [-0.2, -0.15) is 0 Å². The molecule has 1 aliphatic heterocycles. The van der Waals surface area contributed by atoms with Crippen molar-refractivity contribution in [1.29, 1.82) is 0 Å². The van der Waals surface area contributed by atoms with Crippen LogP contribution in [-0.2, 0) is 10.8 Å². The van der Waals surface area contributed by atoms with E-state index >= 15 is 0 Å². The van der Waals surface area contributed by atoms with E-state index in [0.717, 1.165) is 34.1 Å². The fourth-order valence-corrected chi connectivity index (χ4v) is 10.8. The Morgan fingerprint density at radius 1 is 0.333 bits per heavy atom. The maximum atomic E-state index is 2.52. The largest absolute Gasteiger partial charge is 0.311 e. The molecule has 1 aliphatic carbocycles. The number of para-hydroxylation sites is 4. The SMILES string of the molecule is CC1(C)c2ccccc2-c2cc(N(c3ccccc3)c3cc4c5c(c3)c3cc(-c6ccc(N(c7ccccc7)c7ccccc7)cc6)ccc3n5-c3ccccc3C4(C)C)ccc21.